The van der Waals surface area contributed by atoms with Crippen LogP contribution in [0.3, 0.4) is 0 Å². The Hall–Kier alpha value is -2.86. The van der Waals surface area contributed by atoms with Crippen LogP contribution in [-0.4, -0.2) is 44.1 Å². The highest BCUT2D eigenvalue weighted by Crippen LogP contribution is 2.36. The Morgan fingerprint density at radius 3 is 2.63 bits per heavy atom. The van der Waals surface area contributed by atoms with Gasteiger partial charge < -0.3 is 19.7 Å². The third kappa shape index (κ3) is 3.95. The van der Waals surface area contributed by atoms with Gasteiger partial charge in [-0.2, -0.15) is 0 Å². The number of ether oxygens (including phenoxy) is 2. The van der Waals surface area contributed by atoms with Crippen LogP contribution >= 0.6 is 0 Å². The number of nitrogens with one attached hydrogen (secondary N) is 1. The summed E-state index contributed by atoms with van der Waals surface area (Å²) in [7, 11) is 3.22. The number of fused-ring (bicyclic) bond motifs is 1. The van der Waals surface area contributed by atoms with Crippen molar-refractivity contribution >= 4 is 11.8 Å². The summed E-state index contributed by atoms with van der Waals surface area (Å²) >= 11 is 0. The fourth-order valence-corrected chi connectivity index (χ4v) is 3.36. The molecule has 0 fully saturated rings. The van der Waals surface area contributed by atoms with Crippen molar-refractivity contribution in [2.75, 3.05) is 27.4 Å². The monoisotopic (exact) mass is 368 g/mol. The van der Waals surface area contributed by atoms with Crippen molar-refractivity contribution in [3.05, 3.63) is 65.2 Å². The normalized spacial score (nSPS) is 15.6. The number of hydrogen-bond acceptors (Lipinski definition) is 4. The highest BCUT2D eigenvalue weighted by Gasteiger charge is 2.40. The minimum absolute atomic E-state index is 0.145. The Morgan fingerprint density at radius 1 is 1.11 bits per heavy atom. The molecule has 142 valence electrons. The molecule has 2 aromatic carbocycles. The van der Waals surface area contributed by atoms with Crippen LogP contribution in [0, 0.1) is 0 Å². The zero-order valence-corrected chi connectivity index (χ0v) is 15.6. The molecule has 1 aliphatic rings. The maximum Gasteiger partial charge on any atom is 0.255 e. The standard InChI is InChI=1S/C21H24N2O4/c1-26-13-7-12-22-20(24)19-16-9-4-5-10-17(16)21(25)23(19)14-15-8-3-6-11-18(15)27-2/h3-6,8-11,19H,7,12-14H2,1-2H3,(H,22,24)/t19-/m1/s1. The highest BCUT2D eigenvalue weighted by molar-refractivity contribution is 6.04. The van der Waals surface area contributed by atoms with Gasteiger partial charge in [-0.05, 0) is 24.1 Å². The Labute approximate surface area is 159 Å². The number of nitrogens with zero attached hydrogens (tertiary/aromatic N) is 1. The molecule has 0 spiro atoms. The first-order valence-corrected chi connectivity index (χ1v) is 8.95. The molecule has 6 nitrogen and oxygen atoms in total. The molecule has 0 saturated heterocycles. The van der Waals surface area contributed by atoms with Gasteiger partial charge in [0.25, 0.3) is 5.91 Å². The van der Waals surface area contributed by atoms with Gasteiger partial charge in [0, 0.05) is 31.4 Å². The topological polar surface area (TPSA) is 67.9 Å². The van der Waals surface area contributed by atoms with Gasteiger partial charge in [0.15, 0.2) is 0 Å². The van der Waals surface area contributed by atoms with Gasteiger partial charge in [-0.3, -0.25) is 9.59 Å². The van der Waals surface area contributed by atoms with E-state index < -0.39 is 6.04 Å². The number of rotatable bonds is 8. The molecule has 0 saturated carbocycles. The Balaban J connectivity index is 1.86. The molecule has 1 aliphatic heterocycles. The zero-order valence-electron chi connectivity index (χ0n) is 15.6. The molecule has 3 rings (SSSR count). The molecular formula is C21H24N2O4. The van der Waals surface area contributed by atoms with Crippen LogP contribution < -0.4 is 10.1 Å². The van der Waals surface area contributed by atoms with Crippen molar-refractivity contribution < 1.29 is 19.1 Å². The summed E-state index contributed by atoms with van der Waals surface area (Å²) in [6.45, 7) is 1.38. The first-order chi connectivity index (χ1) is 13.2. The smallest absolute Gasteiger partial charge is 0.255 e. The van der Waals surface area contributed by atoms with Crippen molar-refractivity contribution in [3.8, 4) is 5.75 Å². The van der Waals surface area contributed by atoms with Crippen LogP contribution in [0.1, 0.15) is 33.9 Å². The van der Waals surface area contributed by atoms with E-state index in [1.807, 2.05) is 42.5 Å². The van der Waals surface area contributed by atoms with Gasteiger partial charge >= 0.3 is 0 Å². The van der Waals surface area contributed by atoms with E-state index in [4.69, 9.17) is 9.47 Å². The fourth-order valence-electron chi connectivity index (χ4n) is 3.36. The Morgan fingerprint density at radius 2 is 1.85 bits per heavy atom. The summed E-state index contributed by atoms with van der Waals surface area (Å²) in [6.07, 6.45) is 0.719. The predicted octanol–water partition coefficient (Wildman–Crippen LogP) is 2.55. The van der Waals surface area contributed by atoms with Gasteiger partial charge in [-0.1, -0.05) is 36.4 Å². The molecule has 0 aromatic heterocycles. The maximum atomic E-state index is 13.0. The van der Waals surface area contributed by atoms with Crippen LogP contribution in [0.15, 0.2) is 48.5 Å². The Bertz CT molecular complexity index is 821. The number of para-hydroxylation sites is 1. The average molecular weight is 368 g/mol. The van der Waals surface area contributed by atoms with E-state index in [-0.39, 0.29) is 11.8 Å². The van der Waals surface area contributed by atoms with E-state index >= 15 is 0 Å². The summed E-state index contributed by atoms with van der Waals surface area (Å²) < 4.78 is 10.4. The molecule has 2 amide bonds. The van der Waals surface area contributed by atoms with E-state index in [9.17, 15) is 9.59 Å². The summed E-state index contributed by atoms with van der Waals surface area (Å²) in [5.41, 5.74) is 2.17. The van der Waals surface area contributed by atoms with E-state index in [1.165, 1.54) is 0 Å². The minimum Gasteiger partial charge on any atom is -0.496 e. The molecule has 0 unspecified atom stereocenters. The van der Waals surface area contributed by atoms with Gasteiger partial charge in [-0.25, -0.2) is 0 Å². The highest BCUT2D eigenvalue weighted by atomic mass is 16.5. The van der Waals surface area contributed by atoms with Crippen molar-refractivity contribution in [2.45, 2.75) is 19.0 Å². The first-order valence-electron chi connectivity index (χ1n) is 8.95. The molecule has 0 radical (unpaired) electrons. The molecule has 0 bridgehead atoms. The molecule has 2 aromatic rings. The maximum absolute atomic E-state index is 13.0. The lowest BCUT2D eigenvalue weighted by atomic mass is 10.0. The van der Waals surface area contributed by atoms with Crippen LogP contribution in [0.25, 0.3) is 0 Å². The minimum atomic E-state index is -0.652. The lowest BCUT2D eigenvalue weighted by molar-refractivity contribution is -0.125. The second kappa shape index (κ2) is 8.68. The SMILES string of the molecule is COCCCNC(=O)[C@H]1c2ccccc2C(=O)N1Cc1ccccc1OC. The lowest BCUT2D eigenvalue weighted by Crippen LogP contribution is -2.39. The molecule has 1 heterocycles. The second-order valence-corrected chi connectivity index (χ2v) is 6.37. The Kier molecular flexibility index (Phi) is 6.08. The lowest BCUT2D eigenvalue weighted by Gasteiger charge is -2.25. The summed E-state index contributed by atoms with van der Waals surface area (Å²) in [5.74, 6) is 0.369. The zero-order chi connectivity index (χ0) is 19.2. The predicted molar refractivity (Wildman–Crippen MR) is 102 cm³/mol. The first kappa shape index (κ1) is 18.9. The number of hydrogen-bond donors (Lipinski definition) is 1. The van der Waals surface area contributed by atoms with Gasteiger partial charge in [0.05, 0.1) is 13.7 Å². The van der Waals surface area contributed by atoms with Gasteiger partial charge in [0.2, 0.25) is 5.91 Å². The number of benzene rings is 2. The number of amides is 2. The number of carbonyl (C=O) groups excluding carboxylic acids is 2. The second-order valence-electron chi connectivity index (χ2n) is 6.37. The van der Waals surface area contributed by atoms with E-state index in [0.29, 0.717) is 31.0 Å². The quantitative estimate of drug-likeness (QED) is 0.727. The molecule has 27 heavy (non-hydrogen) atoms. The molecule has 6 heteroatoms. The molecule has 0 aliphatic carbocycles. The summed E-state index contributed by atoms with van der Waals surface area (Å²) in [6, 6.07) is 14.2. The largest absolute Gasteiger partial charge is 0.496 e. The summed E-state index contributed by atoms with van der Waals surface area (Å²) in [5, 5.41) is 2.92. The molecule has 1 atom stereocenters. The molecule has 1 N–H and O–H groups in total. The van der Waals surface area contributed by atoms with Gasteiger partial charge in [0.1, 0.15) is 11.8 Å². The van der Waals surface area contributed by atoms with Crippen molar-refractivity contribution in [1.82, 2.24) is 10.2 Å². The van der Waals surface area contributed by atoms with E-state index in [1.54, 1.807) is 25.2 Å². The molecular weight excluding hydrogens is 344 g/mol. The van der Waals surface area contributed by atoms with Crippen LogP contribution in [0.4, 0.5) is 0 Å². The van der Waals surface area contributed by atoms with E-state index in [2.05, 4.69) is 5.32 Å². The summed E-state index contributed by atoms with van der Waals surface area (Å²) in [4.78, 5) is 27.5. The van der Waals surface area contributed by atoms with Gasteiger partial charge in [-0.15, -0.1) is 0 Å². The third-order valence-corrected chi connectivity index (χ3v) is 4.66. The van der Waals surface area contributed by atoms with Crippen molar-refractivity contribution in [3.63, 3.8) is 0 Å². The number of methoxy groups -OCH3 is 2. The van der Waals surface area contributed by atoms with Crippen molar-refractivity contribution in [2.24, 2.45) is 0 Å². The van der Waals surface area contributed by atoms with Crippen LogP contribution in [-0.2, 0) is 16.1 Å². The van der Waals surface area contributed by atoms with Crippen molar-refractivity contribution in [1.29, 1.82) is 0 Å². The fraction of sp³-hybridized carbons (Fsp3) is 0.333. The average Bonchev–Trinajstić information content (AvgIpc) is 2.98. The van der Waals surface area contributed by atoms with Crippen LogP contribution in [0.2, 0.25) is 0 Å². The number of carbonyl (C=O) groups is 2. The third-order valence-electron chi connectivity index (χ3n) is 4.66. The van der Waals surface area contributed by atoms with E-state index in [0.717, 1.165) is 17.5 Å². The van der Waals surface area contributed by atoms with Crippen LogP contribution in [0.5, 0.6) is 5.75 Å².